The summed E-state index contributed by atoms with van der Waals surface area (Å²) in [6.45, 7) is 2.40. The summed E-state index contributed by atoms with van der Waals surface area (Å²) in [5.41, 5.74) is 11.2. The summed E-state index contributed by atoms with van der Waals surface area (Å²) < 4.78 is 39.1. The van der Waals surface area contributed by atoms with Crippen molar-refractivity contribution in [2.45, 2.75) is 31.7 Å². The van der Waals surface area contributed by atoms with Crippen LogP contribution in [0.25, 0.3) is 10.9 Å². The number of aromatic nitrogens is 1. The van der Waals surface area contributed by atoms with Crippen LogP contribution in [0.3, 0.4) is 0 Å². The number of hydrogen-bond donors (Lipinski definition) is 5. The second kappa shape index (κ2) is 14.0. The van der Waals surface area contributed by atoms with Gasteiger partial charge < -0.3 is 32.1 Å². The Bertz CT molecular complexity index is 1350. The van der Waals surface area contributed by atoms with Crippen LogP contribution in [0.15, 0.2) is 60.8 Å². The third-order valence-corrected chi connectivity index (χ3v) is 6.43. The summed E-state index contributed by atoms with van der Waals surface area (Å²) in [6, 6.07) is 10.4. The summed E-state index contributed by atoms with van der Waals surface area (Å²) in [5, 5.41) is 16.9. The molecule has 0 spiro atoms. The van der Waals surface area contributed by atoms with Crippen molar-refractivity contribution < 1.29 is 32.7 Å². The molecule has 3 atom stereocenters. The number of aliphatic hydroxyl groups is 1. The molecule has 2 aromatic carbocycles. The maximum atomic E-state index is 13.4. The van der Waals surface area contributed by atoms with E-state index in [1.54, 1.807) is 36.5 Å². The minimum Gasteiger partial charge on any atom is -0.386 e. The molecule has 0 aliphatic carbocycles. The van der Waals surface area contributed by atoms with Crippen molar-refractivity contribution in [2.24, 2.45) is 17.4 Å². The number of anilines is 1. The molecule has 10 nitrogen and oxygen atoms in total. The zero-order valence-corrected chi connectivity index (χ0v) is 22.4. The highest BCUT2D eigenvalue weighted by molar-refractivity contribution is 5.99. The van der Waals surface area contributed by atoms with Gasteiger partial charge >= 0.3 is 6.18 Å². The Kier molecular flexibility index (Phi) is 10.8. The van der Waals surface area contributed by atoms with Crippen molar-refractivity contribution in [3.05, 3.63) is 71.9 Å². The molecule has 0 radical (unpaired) electrons. The Balaban J connectivity index is 1.83. The largest absolute Gasteiger partial charge is 0.416 e. The van der Waals surface area contributed by atoms with Crippen LogP contribution in [0, 0.1) is 5.92 Å². The predicted octanol–water partition coefficient (Wildman–Crippen LogP) is 2.18. The molecule has 1 heterocycles. The lowest BCUT2D eigenvalue weighted by atomic mass is 9.98. The first kappa shape index (κ1) is 31.5. The number of aliphatic hydroxyl groups excluding tert-OH is 1. The molecule has 13 heteroatoms. The van der Waals surface area contributed by atoms with Crippen molar-refractivity contribution >= 4 is 34.3 Å². The molecule has 0 aliphatic heterocycles. The van der Waals surface area contributed by atoms with Gasteiger partial charge in [-0.15, -0.1) is 0 Å². The van der Waals surface area contributed by atoms with Crippen LogP contribution in [0.2, 0.25) is 0 Å². The van der Waals surface area contributed by atoms with Gasteiger partial charge in [-0.05, 0) is 42.0 Å². The van der Waals surface area contributed by atoms with Crippen molar-refractivity contribution in [2.75, 3.05) is 31.5 Å². The van der Waals surface area contributed by atoms with E-state index >= 15 is 0 Å². The number of nitrogens with two attached hydrogens (primary N) is 2. The molecule has 0 saturated carbocycles. The molecule has 0 bridgehead atoms. The maximum Gasteiger partial charge on any atom is 0.416 e. The van der Waals surface area contributed by atoms with Crippen molar-refractivity contribution in [1.82, 2.24) is 15.2 Å². The summed E-state index contributed by atoms with van der Waals surface area (Å²) in [4.78, 5) is 44.8. The van der Waals surface area contributed by atoms with Gasteiger partial charge in [-0.3, -0.25) is 19.4 Å². The number of amides is 3. The topological polar surface area (TPSA) is 164 Å². The molecule has 0 fully saturated rings. The van der Waals surface area contributed by atoms with E-state index in [0.29, 0.717) is 11.2 Å². The zero-order valence-electron chi connectivity index (χ0n) is 22.4. The van der Waals surface area contributed by atoms with E-state index in [9.17, 15) is 32.7 Å². The van der Waals surface area contributed by atoms with Gasteiger partial charge in [-0.1, -0.05) is 25.1 Å². The van der Waals surface area contributed by atoms with Crippen LogP contribution in [0.4, 0.5) is 18.9 Å². The molecular formula is C28H33F3N6O4. The molecule has 3 rings (SSSR count). The predicted molar refractivity (Wildman–Crippen MR) is 147 cm³/mol. The minimum absolute atomic E-state index is 0.0260. The minimum atomic E-state index is -4.59. The van der Waals surface area contributed by atoms with Gasteiger partial charge in [-0.2, -0.15) is 13.2 Å². The molecule has 0 aliphatic rings. The summed E-state index contributed by atoms with van der Waals surface area (Å²) in [7, 11) is 0. The first-order valence-electron chi connectivity index (χ1n) is 12.9. The van der Waals surface area contributed by atoms with E-state index in [2.05, 4.69) is 15.6 Å². The fraction of sp³-hybridized carbons (Fsp3) is 0.357. The molecule has 3 amide bonds. The quantitative estimate of drug-likeness (QED) is 0.221. The van der Waals surface area contributed by atoms with Gasteiger partial charge in [0.25, 0.3) is 0 Å². The van der Waals surface area contributed by atoms with Crippen LogP contribution in [-0.4, -0.2) is 64.9 Å². The molecular weight excluding hydrogens is 541 g/mol. The van der Waals surface area contributed by atoms with E-state index in [1.807, 2.05) is 0 Å². The van der Waals surface area contributed by atoms with Gasteiger partial charge in [0.1, 0.15) is 12.1 Å². The van der Waals surface area contributed by atoms with Gasteiger partial charge in [0, 0.05) is 55.8 Å². The highest BCUT2D eigenvalue weighted by atomic mass is 19.4. The lowest BCUT2D eigenvalue weighted by Crippen LogP contribution is -2.50. The van der Waals surface area contributed by atoms with Gasteiger partial charge in [0.15, 0.2) is 0 Å². The summed E-state index contributed by atoms with van der Waals surface area (Å²) >= 11 is 0. The van der Waals surface area contributed by atoms with E-state index in [-0.39, 0.29) is 44.1 Å². The van der Waals surface area contributed by atoms with Crippen LogP contribution in [-0.2, 0) is 20.6 Å². The number of halogens is 3. The molecule has 7 N–H and O–H groups in total. The number of alkyl halides is 3. The van der Waals surface area contributed by atoms with Crippen molar-refractivity contribution in [1.29, 1.82) is 0 Å². The number of carbonyl (C=O) groups is 3. The van der Waals surface area contributed by atoms with Crippen LogP contribution in [0.5, 0.6) is 0 Å². The highest BCUT2D eigenvalue weighted by Gasteiger charge is 2.34. The molecule has 220 valence electrons. The number of rotatable bonds is 12. The van der Waals surface area contributed by atoms with E-state index in [1.165, 1.54) is 11.8 Å². The SMILES string of the molecule is CC(CC(=O)N(CCN)CCN)C(=O)NC(C(=O)Nc1ccc2ncccc2c1)C(O)c1ccc(C(F)(F)F)cc1. The Hall–Kier alpha value is -4.07. The average Bonchev–Trinajstić information content (AvgIpc) is 2.94. The van der Waals surface area contributed by atoms with Gasteiger partial charge in [0.2, 0.25) is 17.7 Å². The Labute approximate surface area is 234 Å². The van der Waals surface area contributed by atoms with Crippen molar-refractivity contribution in [3.63, 3.8) is 0 Å². The third kappa shape index (κ3) is 8.46. The standard InChI is InChI=1S/C28H33F3N6O4/c1-17(15-23(38)37(13-10-32)14-11-33)26(40)36-24(25(39)18-4-6-20(7-5-18)28(29,30)31)27(41)35-21-8-9-22-19(16-21)3-2-12-34-22/h2-9,12,16-17,24-25,39H,10-11,13-15,32-33H2,1H3,(H,35,41)(H,36,40). The molecule has 41 heavy (non-hydrogen) atoms. The van der Waals surface area contributed by atoms with Crippen LogP contribution in [0.1, 0.15) is 30.6 Å². The van der Waals surface area contributed by atoms with Gasteiger partial charge in [0.05, 0.1) is 11.1 Å². The van der Waals surface area contributed by atoms with Crippen LogP contribution >= 0.6 is 0 Å². The van der Waals surface area contributed by atoms with Gasteiger partial charge in [-0.25, -0.2) is 0 Å². The lowest BCUT2D eigenvalue weighted by Gasteiger charge is -2.26. The molecule has 1 aromatic heterocycles. The maximum absolute atomic E-state index is 13.4. The monoisotopic (exact) mass is 574 g/mol. The number of nitrogens with zero attached hydrogens (tertiary/aromatic N) is 2. The number of carbonyl (C=O) groups excluding carboxylic acids is 3. The first-order chi connectivity index (χ1) is 19.4. The normalized spacial score (nSPS) is 13.7. The third-order valence-electron chi connectivity index (χ3n) is 6.43. The number of nitrogens with one attached hydrogen (secondary N) is 2. The summed E-state index contributed by atoms with van der Waals surface area (Å²) in [6.07, 6.45) is -4.90. The Morgan fingerprint density at radius 3 is 2.27 bits per heavy atom. The molecule has 3 unspecified atom stereocenters. The smallest absolute Gasteiger partial charge is 0.386 e. The van der Waals surface area contributed by atoms with E-state index in [4.69, 9.17) is 11.5 Å². The highest BCUT2D eigenvalue weighted by Crippen LogP contribution is 2.30. The number of benzene rings is 2. The Morgan fingerprint density at radius 1 is 1.00 bits per heavy atom. The fourth-order valence-electron chi connectivity index (χ4n) is 4.18. The molecule has 3 aromatic rings. The summed E-state index contributed by atoms with van der Waals surface area (Å²) in [5.74, 6) is -2.81. The molecule has 0 saturated heterocycles. The number of hydrogen-bond acceptors (Lipinski definition) is 7. The van der Waals surface area contributed by atoms with Crippen molar-refractivity contribution in [3.8, 4) is 0 Å². The average molecular weight is 575 g/mol. The van der Waals surface area contributed by atoms with E-state index in [0.717, 1.165) is 29.7 Å². The first-order valence-corrected chi connectivity index (χ1v) is 12.9. The van der Waals surface area contributed by atoms with E-state index < -0.39 is 41.6 Å². The van der Waals surface area contributed by atoms with Crippen LogP contribution < -0.4 is 22.1 Å². The number of pyridine rings is 1. The lowest BCUT2D eigenvalue weighted by molar-refractivity contribution is -0.138. The zero-order chi connectivity index (χ0) is 30.2. The fourth-order valence-corrected chi connectivity index (χ4v) is 4.18. The second-order valence-electron chi connectivity index (χ2n) is 9.51. The second-order valence-corrected chi connectivity index (χ2v) is 9.51. The number of fused-ring (bicyclic) bond motifs is 1. The Morgan fingerprint density at radius 2 is 1.66 bits per heavy atom.